The van der Waals surface area contributed by atoms with Gasteiger partial charge in [-0.2, -0.15) is 0 Å². The molecule has 1 N–H and O–H groups in total. The Bertz CT molecular complexity index is 1170. The number of fused-ring (bicyclic) bond motifs is 4. The number of carbonyl (C=O) groups is 3. The normalized spacial score (nSPS) is 30.4. The van der Waals surface area contributed by atoms with E-state index in [1.165, 1.54) is 0 Å². The molecule has 3 fully saturated rings. The standard InChI is InChI=1S/C24H22BrN3O4/c1-32-15-7-4-13(5-8-15)20-24(16-9-6-14(25)11-17(16)26-23(24)31)12-19-21(29)27-10-2-3-18(27)22(30)28(19)20/h4-9,11,18-20H,2-3,10,12H2,1H3,(H,26,31)/t18-,19-,20-,24+/m0/s1. The van der Waals surface area contributed by atoms with E-state index in [0.717, 1.165) is 27.7 Å². The van der Waals surface area contributed by atoms with E-state index >= 15 is 0 Å². The zero-order valence-electron chi connectivity index (χ0n) is 17.5. The molecule has 164 valence electrons. The van der Waals surface area contributed by atoms with Crippen molar-refractivity contribution < 1.29 is 19.1 Å². The Morgan fingerprint density at radius 1 is 1.06 bits per heavy atom. The number of benzene rings is 2. The Morgan fingerprint density at radius 2 is 1.84 bits per heavy atom. The lowest BCUT2D eigenvalue weighted by atomic mass is 9.72. The first-order chi connectivity index (χ1) is 15.5. The molecule has 2 aromatic rings. The van der Waals surface area contributed by atoms with Gasteiger partial charge in [-0.25, -0.2) is 0 Å². The monoisotopic (exact) mass is 495 g/mol. The predicted octanol–water partition coefficient (Wildman–Crippen LogP) is 2.99. The molecule has 7 nitrogen and oxygen atoms in total. The summed E-state index contributed by atoms with van der Waals surface area (Å²) in [6.07, 6.45) is 1.78. The summed E-state index contributed by atoms with van der Waals surface area (Å²) in [4.78, 5) is 44.3. The molecule has 4 heterocycles. The van der Waals surface area contributed by atoms with Crippen LogP contribution in [0.4, 0.5) is 5.69 Å². The van der Waals surface area contributed by atoms with Crippen molar-refractivity contribution in [1.82, 2.24) is 9.80 Å². The highest BCUT2D eigenvalue weighted by Gasteiger charge is 2.67. The van der Waals surface area contributed by atoms with Crippen molar-refractivity contribution in [2.75, 3.05) is 19.0 Å². The molecule has 0 unspecified atom stereocenters. The lowest BCUT2D eigenvalue weighted by Crippen LogP contribution is -2.61. The van der Waals surface area contributed by atoms with Gasteiger partial charge in [0.05, 0.1) is 13.2 Å². The average Bonchev–Trinajstić information content (AvgIpc) is 3.48. The van der Waals surface area contributed by atoms with Gasteiger partial charge in [0.15, 0.2) is 0 Å². The molecule has 0 radical (unpaired) electrons. The van der Waals surface area contributed by atoms with Gasteiger partial charge < -0.3 is 19.9 Å². The van der Waals surface area contributed by atoms with Crippen LogP contribution in [0.1, 0.15) is 36.4 Å². The first-order valence-corrected chi connectivity index (χ1v) is 11.6. The number of carbonyl (C=O) groups excluding carboxylic acids is 3. The minimum Gasteiger partial charge on any atom is -0.497 e. The van der Waals surface area contributed by atoms with Crippen molar-refractivity contribution in [3.63, 3.8) is 0 Å². The first-order valence-electron chi connectivity index (χ1n) is 10.8. The molecule has 0 aliphatic carbocycles. The van der Waals surface area contributed by atoms with Crippen LogP contribution in [0, 0.1) is 0 Å². The first kappa shape index (κ1) is 19.8. The molecule has 3 amide bonds. The molecule has 3 saturated heterocycles. The van der Waals surface area contributed by atoms with E-state index in [1.54, 1.807) is 16.9 Å². The van der Waals surface area contributed by atoms with Gasteiger partial charge in [-0.3, -0.25) is 14.4 Å². The van der Waals surface area contributed by atoms with Gasteiger partial charge in [0, 0.05) is 16.7 Å². The molecule has 4 atom stereocenters. The van der Waals surface area contributed by atoms with Gasteiger partial charge in [-0.1, -0.05) is 34.1 Å². The fourth-order valence-electron chi connectivity index (χ4n) is 6.14. The molecule has 32 heavy (non-hydrogen) atoms. The van der Waals surface area contributed by atoms with Crippen LogP contribution in [-0.2, 0) is 19.8 Å². The smallest absolute Gasteiger partial charge is 0.246 e. The molecule has 0 aromatic heterocycles. The van der Waals surface area contributed by atoms with Gasteiger partial charge in [0.1, 0.15) is 23.2 Å². The number of amides is 3. The third-order valence-electron chi connectivity index (χ3n) is 7.50. The number of hydrogen-bond donors (Lipinski definition) is 1. The van der Waals surface area contributed by atoms with Gasteiger partial charge in [-0.15, -0.1) is 0 Å². The largest absolute Gasteiger partial charge is 0.497 e. The van der Waals surface area contributed by atoms with Gasteiger partial charge in [0.2, 0.25) is 17.7 Å². The SMILES string of the molecule is COc1ccc([C@@H]2N3C(=O)[C@@H]4CCCN4C(=O)[C@@H]3C[C@]23C(=O)Nc2cc(Br)ccc23)cc1. The summed E-state index contributed by atoms with van der Waals surface area (Å²) in [6.45, 7) is 0.607. The number of anilines is 1. The van der Waals surface area contributed by atoms with E-state index in [4.69, 9.17) is 4.74 Å². The second kappa shape index (κ2) is 6.81. The van der Waals surface area contributed by atoms with Crippen molar-refractivity contribution >= 4 is 39.3 Å². The lowest BCUT2D eigenvalue weighted by Gasteiger charge is -2.42. The fourth-order valence-corrected chi connectivity index (χ4v) is 6.50. The van der Waals surface area contributed by atoms with Crippen molar-refractivity contribution in [2.45, 2.75) is 42.8 Å². The van der Waals surface area contributed by atoms with E-state index in [0.29, 0.717) is 18.7 Å². The minimum absolute atomic E-state index is 0.0409. The summed E-state index contributed by atoms with van der Waals surface area (Å²) in [5, 5.41) is 3.03. The quantitative estimate of drug-likeness (QED) is 0.694. The summed E-state index contributed by atoms with van der Waals surface area (Å²) in [6, 6.07) is 11.5. The third kappa shape index (κ3) is 2.44. The Hall–Kier alpha value is -2.87. The van der Waals surface area contributed by atoms with Crippen LogP contribution in [0.3, 0.4) is 0 Å². The number of piperazine rings is 1. The molecular formula is C24H22BrN3O4. The maximum absolute atomic E-state index is 13.7. The number of nitrogens with one attached hydrogen (secondary N) is 1. The van der Waals surface area contributed by atoms with Crippen LogP contribution in [0.5, 0.6) is 5.75 Å². The summed E-state index contributed by atoms with van der Waals surface area (Å²) >= 11 is 3.48. The van der Waals surface area contributed by atoms with Crippen LogP contribution in [0.25, 0.3) is 0 Å². The van der Waals surface area contributed by atoms with Gasteiger partial charge in [-0.05, 0) is 54.7 Å². The van der Waals surface area contributed by atoms with Gasteiger partial charge in [0.25, 0.3) is 0 Å². The zero-order valence-corrected chi connectivity index (χ0v) is 19.1. The molecule has 4 aliphatic heterocycles. The molecule has 0 saturated carbocycles. The van der Waals surface area contributed by atoms with Crippen molar-refractivity contribution in [2.24, 2.45) is 0 Å². The third-order valence-corrected chi connectivity index (χ3v) is 8.00. The minimum atomic E-state index is -1.03. The van der Waals surface area contributed by atoms with Gasteiger partial charge >= 0.3 is 0 Å². The Balaban J connectivity index is 1.57. The van der Waals surface area contributed by atoms with Crippen LogP contribution in [0.15, 0.2) is 46.9 Å². The van der Waals surface area contributed by atoms with E-state index in [2.05, 4.69) is 21.2 Å². The number of hydrogen-bond acceptors (Lipinski definition) is 4. The van der Waals surface area contributed by atoms with Crippen molar-refractivity contribution in [3.05, 3.63) is 58.1 Å². The molecule has 2 aromatic carbocycles. The summed E-state index contributed by atoms with van der Waals surface area (Å²) in [7, 11) is 1.60. The predicted molar refractivity (Wildman–Crippen MR) is 120 cm³/mol. The van der Waals surface area contributed by atoms with E-state index in [9.17, 15) is 14.4 Å². The number of ether oxygens (including phenoxy) is 1. The zero-order chi connectivity index (χ0) is 22.2. The van der Waals surface area contributed by atoms with Crippen molar-refractivity contribution in [1.29, 1.82) is 0 Å². The topological polar surface area (TPSA) is 79.0 Å². The van der Waals surface area contributed by atoms with Crippen LogP contribution in [0.2, 0.25) is 0 Å². The van der Waals surface area contributed by atoms with Crippen molar-refractivity contribution in [3.8, 4) is 5.75 Å². The molecule has 4 aliphatic rings. The van der Waals surface area contributed by atoms with Crippen LogP contribution >= 0.6 is 15.9 Å². The highest BCUT2D eigenvalue weighted by atomic mass is 79.9. The second-order valence-corrected chi connectivity index (χ2v) is 9.86. The van der Waals surface area contributed by atoms with E-state index < -0.39 is 23.5 Å². The number of halogens is 1. The molecule has 1 spiro atoms. The highest BCUT2D eigenvalue weighted by Crippen LogP contribution is 2.58. The maximum atomic E-state index is 13.7. The maximum Gasteiger partial charge on any atom is 0.246 e. The Kier molecular flexibility index (Phi) is 4.21. The Morgan fingerprint density at radius 3 is 2.59 bits per heavy atom. The summed E-state index contributed by atoms with van der Waals surface area (Å²) in [5.74, 6) is 0.436. The molecular weight excluding hydrogens is 474 g/mol. The number of methoxy groups -OCH3 is 1. The Labute approximate surface area is 193 Å². The number of nitrogens with zero attached hydrogens (tertiary/aromatic N) is 2. The summed E-state index contributed by atoms with van der Waals surface area (Å²) < 4.78 is 6.17. The van der Waals surface area contributed by atoms with Crippen LogP contribution in [-0.4, -0.2) is 53.3 Å². The highest BCUT2D eigenvalue weighted by molar-refractivity contribution is 9.10. The lowest BCUT2D eigenvalue weighted by molar-refractivity contribution is -0.159. The molecule has 6 rings (SSSR count). The van der Waals surface area contributed by atoms with Crippen LogP contribution < -0.4 is 10.1 Å². The average molecular weight is 496 g/mol. The molecule has 8 heteroatoms. The fraction of sp³-hybridized carbons (Fsp3) is 0.375. The second-order valence-electron chi connectivity index (χ2n) is 8.95. The van der Waals surface area contributed by atoms with E-state index in [-0.39, 0.29) is 24.1 Å². The molecule has 0 bridgehead atoms. The number of rotatable bonds is 2. The summed E-state index contributed by atoms with van der Waals surface area (Å²) in [5.41, 5.74) is 1.36. The van der Waals surface area contributed by atoms with E-state index in [1.807, 2.05) is 42.5 Å².